The Kier molecular flexibility index (Phi) is 5.33. The van der Waals surface area contributed by atoms with Crippen LogP contribution in [0.2, 0.25) is 0 Å². The number of hydrogen-bond donors (Lipinski definition) is 1. The quantitative estimate of drug-likeness (QED) is 0.786. The lowest BCUT2D eigenvalue weighted by Gasteiger charge is -2.20. The molecule has 0 aliphatic heterocycles. The fourth-order valence-corrected chi connectivity index (χ4v) is 1.75. The minimum Gasteiger partial charge on any atom is -0.348 e. The number of nitrogens with one attached hydrogen (secondary N) is 1. The minimum absolute atomic E-state index is 0.0153. The standard InChI is InChI=1S/C13H18ClNO/c1-10(2)8-12(15-13(16)9-14)11-6-4-3-5-7-11/h3-7,10,12H,8-9H2,1-2H3,(H,15,16)/t12-/m1/s1. The van der Waals surface area contributed by atoms with E-state index in [1.807, 2.05) is 30.3 Å². The number of carbonyl (C=O) groups excluding carboxylic acids is 1. The summed E-state index contributed by atoms with van der Waals surface area (Å²) in [5.41, 5.74) is 1.13. The third kappa shape index (κ3) is 4.23. The number of halogens is 1. The van der Waals surface area contributed by atoms with Gasteiger partial charge in [-0.25, -0.2) is 0 Å². The van der Waals surface area contributed by atoms with E-state index in [-0.39, 0.29) is 17.8 Å². The molecular weight excluding hydrogens is 222 g/mol. The van der Waals surface area contributed by atoms with Gasteiger partial charge in [0.1, 0.15) is 5.88 Å². The lowest BCUT2D eigenvalue weighted by Crippen LogP contribution is -2.30. The summed E-state index contributed by atoms with van der Waals surface area (Å²) in [6, 6.07) is 10.1. The van der Waals surface area contributed by atoms with Crippen molar-refractivity contribution in [1.29, 1.82) is 0 Å². The average molecular weight is 240 g/mol. The molecule has 16 heavy (non-hydrogen) atoms. The van der Waals surface area contributed by atoms with E-state index in [9.17, 15) is 4.79 Å². The lowest BCUT2D eigenvalue weighted by molar-refractivity contribution is -0.119. The summed E-state index contributed by atoms with van der Waals surface area (Å²) in [6.07, 6.45) is 0.923. The topological polar surface area (TPSA) is 29.1 Å². The van der Waals surface area contributed by atoms with Crippen molar-refractivity contribution >= 4 is 17.5 Å². The Labute approximate surface area is 102 Å². The molecule has 0 unspecified atom stereocenters. The second kappa shape index (κ2) is 6.54. The summed E-state index contributed by atoms with van der Waals surface area (Å²) < 4.78 is 0. The number of hydrogen-bond acceptors (Lipinski definition) is 1. The van der Waals surface area contributed by atoms with Gasteiger partial charge in [0.25, 0.3) is 0 Å². The predicted octanol–water partition coefficient (Wildman–Crippen LogP) is 3.13. The summed E-state index contributed by atoms with van der Waals surface area (Å²) >= 11 is 5.51. The maximum atomic E-state index is 11.3. The van der Waals surface area contributed by atoms with Crippen LogP contribution in [0.4, 0.5) is 0 Å². The van der Waals surface area contributed by atoms with Gasteiger partial charge in [-0.3, -0.25) is 4.79 Å². The van der Waals surface area contributed by atoms with Crippen molar-refractivity contribution in [1.82, 2.24) is 5.32 Å². The molecule has 0 aromatic heterocycles. The normalized spacial score (nSPS) is 12.5. The number of carbonyl (C=O) groups is 1. The van der Waals surface area contributed by atoms with Gasteiger partial charge in [0, 0.05) is 0 Å². The van der Waals surface area contributed by atoms with E-state index in [1.165, 1.54) is 0 Å². The highest BCUT2D eigenvalue weighted by Crippen LogP contribution is 2.20. The minimum atomic E-state index is -0.115. The summed E-state index contributed by atoms with van der Waals surface area (Å²) in [6.45, 7) is 4.28. The van der Waals surface area contributed by atoms with Gasteiger partial charge in [-0.05, 0) is 17.9 Å². The molecule has 0 bridgehead atoms. The zero-order valence-corrected chi connectivity index (χ0v) is 10.5. The largest absolute Gasteiger partial charge is 0.348 e. The van der Waals surface area contributed by atoms with Crippen molar-refractivity contribution in [3.8, 4) is 0 Å². The second-order valence-corrected chi connectivity index (χ2v) is 4.56. The van der Waals surface area contributed by atoms with Gasteiger partial charge in [0.05, 0.1) is 6.04 Å². The Morgan fingerprint density at radius 2 is 1.94 bits per heavy atom. The van der Waals surface area contributed by atoms with Crippen LogP contribution in [0.1, 0.15) is 31.9 Å². The first-order valence-electron chi connectivity index (χ1n) is 5.53. The predicted molar refractivity (Wildman–Crippen MR) is 67.5 cm³/mol. The second-order valence-electron chi connectivity index (χ2n) is 4.29. The first-order chi connectivity index (χ1) is 7.63. The van der Waals surface area contributed by atoms with Crippen LogP contribution in [0.25, 0.3) is 0 Å². The van der Waals surface area contributed by atoms with E-state index in [4.69, 9.17) is 11.6 Å². The van der Waals surface area contributed by atoms with Crippen LogP contribution >= 0.6 is 11.6 Å². The van der Waals surface area contributed by atoms with Gasteiger partial charge in [0.2, 0.25) is 5.91 Å². The van der Waals surface area contributed by atoms with E-state index in [1.54, 1.807) is 0 Å². The Morgan fingerprint density at radius 1 is 1.31 bits per heavy atom. The summed E-state index contributed by atoms with van der Waals surface area (Å²) in [5, 5.41) is 2.94. The lowest BCUT2D eigenvalue weighted by atomic mass is 9.97. The van der Waals surface area contributed by atoms with Gasteiger partial charge in [-0.1, -0.05) is 44.2 Å². The van der Waals surface area contributed by atoms with Gasteiger partial charge in [-0.15, -0.1) is 11.6 Å². The Bertz CT molecular complexity index is 324. The molecular formula is C13H18ClNO. The Balaban J connectivity index is 2.75. The van der Waals surface area contributed by atoms with Crippen LogP contribution in [-0.4, -0.2) is 11.8 Å². The molecule has 1 aromatic carbocycles. The zero-order valence-electron chi connectivity index (χ0n) is 9.74. The smallest absolute Gasteiger partial charge is 0.235 e. The van der Waals surface area contributed by atoms with Crippen LogP contribution < -0.4 is 5.32 Å². The van der Waals surface area contributed by atoms with Crippen molar-refractivity contribution < 1.29 is 4.79 Å². The third-order valence-electron chi connectivity index (χ3n) is 2.37. The molecule has 1 N–H and O–H groups in total. The van der Waals surface area contributed by atoms with Gasteiger partial charge in [0.15, 0.2) is 0 Å². The van der Waals surface area contributed by atoms with Gasteiger partial charge in [-0.2, -0.15) is 0 Å². The first-order valence-corrected chi connectivity index (χ1v) is 6.07. The number of rotatable bonds is 5. The fourth-order valence-electron chi connectivity index (χ4n) is 1.67. The molecule has 1 atom stereocenters. The van der Waals surface area contributed by atoms with E-state index >= 15 is 0 Å². The number of alkyl halides is 1. The fraction of sp³-hybridized carbons (Fsp3) is 0.462. The average Bonchev–Trinajstić information content (AvgIpc) is 2.28. The van der Waals surface area contributed by atoms with Crippen LogP contribution in [0.3, 0.4) is 0 Å². The maximum Gasteiger partial charge on any atom is 0.235 e. The van der Waals surface area contributed by atoms with E-state index in [0.717, 1.165) is 12.0 Å². The molecule has 0 saturated carbocycles. The highest BCUT2D eigenvalue weighted by molar-refractivity contribution is 6.27. The molecule has 0 heterocycles. The zero-order chi connectivity index (χ0) is 12.0. The molecule has 0 aliphatic carbocycles. The summed E-state index contributed by atoms with van der Waals surface area (Å²) in [7, 11) is 0. The van der Waals surface area contributed by atoms with Crippen molar-refractivity contribution in [2.45, 2.75) is 26.3 Å². The van der Waals surface area contributed by atoms with Crippen LogP contribution in [0, 0.1) is 5.92 Å². The van der Waals surface area contributed by atoms with Crippen LogP contribution in [0.15, 0.2) is 30.3 Å². The Hall–Kier alpha value is -1.02. The van der Waals surface area contributed by atoms with E-state index < -0.39 is 0 Å². The number of amides is 1. The molecule has 1 amide bonds. The van der Waals surface area contributed by atoms with Crippen molar-refractivity contribution in [2.75, 3.05) is 5.88 Å². The molecule has 1 aromatic rings. The summed E-state index contributed by atoms with van der Waals surface area (Å²) in [4.78, 5) is 11.3. The molecule has 0 saturated heterocycles. The van der Waals surface area contributed by atoms with E-state index in [2.05, 4.69) is 19.2 Å². The molecule has 2 nitrogen and oxygen atoms in total. The third-order valence-corrected chi connectivity index (χ3v) is 2.61. The van der Waals surface area contributed by atoms with Crippen molar-refractivity contribution in [3.05, 3.63) is 35.9 Å². The van der Waals surface area contributed by atoms with Crippen molar-refractivity contribution in [2.24, 2.45) is 5.92 Å². The maximum absolute atomic E-state index is 11.3. The summed E-state index contributed by atoms with van der Waals surface area (Å²) in [5.74, 6) is 0.429. The molecule has 1 rings (SSSR count). The first kappa shape index (κ1) is 13.0. The highest BCUT2D eigenvalue weighted by Gasteiger charge is 2.14. The molecule has 3 heteroatoms. The monoisotopic (exact) mass is 239 g/mol. The number of benzene rings is 1. The van der Waals surface area contributed by atoms with Gasteiger partial charge >= 0.3 is 0 Å². The molecule has 0 fully saturated rings. The molecule has 0 aliphatic rings. The highest BCUT2D eigenvalue weighted by atomic mass is 35.5. The van der Waals surface area contributed by atoms with Gasteiger partial charge < -0.3 is 5.32 Å². The van der Waals surface area contributed by atoms with E-state index in [0.29, 0.717) is 5.92 Å². The SMILES string of the molecule is CC(C)C[C@@H](NC(=O)CCl)c1ccccc1. The van der Waals surface area contributed by atoms with Crippen LogP contribution in [-0.2, 0) is 4.79 Å². The molecule has 88 valence electrons. The Morgan fingerprint density at radius 3 is 2.44 bits per heavy atom. The molecule has 0 spiro atoms. The van der Waals surface area contributed by atoms with Crippen molar-refractivity contribution in [3.63, 3.8) is 0 Å². The molecule has 0 radical (unpaired) electrons. The van der Waals surface area contributed by atoms with Crippen LogP contribution in [0.5, 0.6) is 0 Å².